The Hall–Kier alpha value is -3.81. The summed E-state index contributed by atoms with van der Waals surface area (Å²) in [5, 5.41) is 4.37. The molecule has 4 aromatic heterocycles. The fourth-order valence-electron chi connectivity index (χ4n) is 3.10. The lowest BCUT2D eigenvalue weighted by molar-refractivity contribution is 0.0467. The average molecular weight is 389 g/mol. The lowest BCUT2D eigenvalue weighted by atomic mass is 10.3. The van der Waals surface area contributed by atoms with Gasteiger partial charge in [-0.05, 0) is 50.6 Å². The maximum atomic E-state index is 12.4. The van der Waals surface area contributed by atoms with Crippen molar-refractivity contribution in [2.45, 2.75) is 27.4 Å². The number of hydrogen-bond donors (Lipinski definition) is 0. The first-order chi connectivity index (χ1) is 13.9. The van der Waals surface area contributed by atoms with Crippen molar-refractivity contribution in [3.63, 3.8) is 0 Å². The van der Waals surface area contributed by atoms with Crippen molar-refractivity contribution in [1.29, 1.82) is 0 Å². The highest BCUT2D eigenvalue weighted by Crippen LogP contribution is 2.12. The van der Waals surface area contributed by atoms with Crippen molar-refractivity contribution in [1.82, 2.24) is 24.1 Å². The number of aryl methyl sites for hydroxylation is 3. The van der Waals surface area contributed by atoms with E-state index in [-0.39, 0.29) is 12.2 Å². The van der Waals surface area contributed by atoms with Crippen LogP contribution in [-0.4, -0.2) is 30.1 Å². The highest BCUT2D eigenvalue weighted by molar-refractivity contribution is 5.89. The van der Waals surface area contributed by atoms with E-state index in [1.165, 1.54) is 16.7 Å². The molecule has 0 aliphatic rings. The molecule has 0 bridgehead atoms. The van der Waals surface area contributed by atoms with Gasteiger partial charge in [0.1, 0.15) is 12.3 Å². The Kier molecular flexibility index (Phi) is 4.67. The zero-order chi connectivity index (χ0) is 20.5. The van der Waals surface area contributed by atoms with Crippen LogP contribution >= 0.6 is 0 Å². The molecular formula is C21H19N5O3. The molecule has 0 aromatic carbocycles. The van der Waals surface area contributed by atoms with E-state index in [9.17, 15) is 9.59 Å². The van der Waals surface area contributed by atoms with Gasteiger partial charge in [-0.3, -0.25) is 9.20 Å². The number of esters is 1. The third-order valence-corrected chi connectivity index (χ3v) is 4.50. The molecule has 0 saturated heterocycles. The van der Waals surface area contributed by atoms with E-state index < -0.39 is 5.97 Å². The van der Waals surface area contributed by atoms with Crippen LogP contribution in [0.1, 0.15) is 33.0 Å². The lowest BCUT2D eigenvalue weighted by Gasteiger charge is -2.08. The summed E-state index contributed by atoms with van der Waals surface area (Å²) >= 11 is 0. The standard InChI is InChI=1S/C21H19N5O3/c1-13-5-4-8-25-19(27)10-17(23-20(13)25)12-29-21(28)16-6-7-18(22-11-16)26-15(3)9-14(2)24-26/h4-11H,12H2,1-3H3. The molecule has 0 unspecified atom stereocenters. The van der Waals surface area contributed by atoms with Crippen molar-refractivity contribution in [2.75, 3.05) is 0 Å². The van der Waals surface area contributed by atoms with Crippen LogP contribution in [0.15, 0.2) is 53.6 Å². The molecular weight excluding hydrogens is 370 g/mol. The molecule has 0 atom stereocenters. The molecule has 0 saturated carbocycles. The van der Waals surface area contributed by atoms with E-state index in [0.717, 1.165) is 17.0 Å². The Labute approximate surface area is 166 Å². The molecule has 4 aromatic rings. The second kappa shape index (κ2) is 7.31. The largest absolute Gasteiger partial charge is 0.456 e. The van der Waals surface area contributed by atoms with E-state index in [1.807, 2.05) is 32.9 Å². The summed E-state index contributed by atoms with van der Waals surface area (Å²) in [4.78, 5) is 33.3. The van der Waals surface area contributed by atoms with Gasteiger partial charge in [-0.2, -0.15) is 5.10 Å². The van der Waals surface area contributed by atoms with E-state index in [2.05, 4.69) is 15.1 Å². The minimum Gasteiger partial charge on any atom is -0.456 e. The molecule has 4 rings (SSSR count). The minimum absolute atomic E-state index is 0.0991. The van der Waals surface area contributed by atoms with E-state index in [1.54, 1.807) is 29.1 Å². The van der Waals surface area contributed by atoms with Crippen molar-refractivity contribution in [3.8, 4) is 5.82 Å². The predicted octanol–water partition coefficient (Wildman–Crippen LogP) is 2.56. The Morgan fingerprint density at radius 1 is 1.14 bits per heavy atom. The number of hydrogen-bond acceptors (Lipinski definition) is 6. The van der Waals surface area contributed by atoms with E-state index >= 15 is 0 Å². The maximum Gasteiger partial charge on any atom is 0.340 e. The van der Waals surface area contributed by atoms with Crippen LogP contribution in [0.3, 0.4) is 0 Å². The fourth-order valence-corrected chi connectivity index (χ4v) is 3.10. The van der Waals surface area contributed by atoms with Gasteiger partial charge in [0.25, 0.3) is 5.56 Å². The molecule has 29 heavy (non-hydrogen) atoms. The van der Waals surface area contributed by atoms with Crippen LogP contribution in [-0.2, 0) is 11.3 Å². The molecule has 0 radical (unpaired) electrons. The first kappa shape index (κ1) is 18.5. The Bertz CT molecular complexity index is 1270. The quantitative estimate of drug-likeness (QED) is 0.498. The van der Waals surface area contributed by atoms with Crippen molar-refractivity contribution in [3.05, 3.63) is 87.4 Å². The van der Waals surface area contributed by atoms with Gasteiger partial charge in [-0.15, -0.1) is 0 Å². The van der Waals surface area contributed by atoms with Crippen molar-refractivity contribution in [2.24, 2.45) is 0 Å². The number of rotatable bonds is 4. The van der Waals surface area contributed by atoms with Gasteiger partial charge in [0.2, 0.25) is 0 Å². The number of carbonyl (C=O) groups excluding carboxylic acids is 1. The first-order valence-corrected chi connectivity index (χ1v) is 9.07. The van der Waals surface area contributed by atoms with Crippen molar-refractivity contribution >= 4 is 11.6 Å². The molecule has 4 heterocycles. The molecule has 0 spiro atoms. The number of pyridine rings is 2. The van der Waals surface area contributed by atoms with Gasteiger partial charge in [-0.1, -0.05) is 6.07 Å². The van der Waals surface area contributed by atoms with Crippen LogP contribution in [0.25, 0.3) is 11.5 Å². The van der Waals surface area contributed by atoms with Crippen LogP contribution in [0.2, 0.25) is 0 Å². The van der Waals surface area contributed by atoms with Gasteiger partial charge in [0.15, 0.2) is 5.82 Å². The lowest BCUT2D eigenvalue weighted by Crippen LogP contribution is -2.17. The monoisotopic (exact) mass is 389 g/mol. The zero-order valence-electron chi connectivity index (χ0n) is 16.3. The second-order valence-corrected chi connectivity index (χ2v) is 6.79. The summed E-state index contributed by atoms with van der Waals surface area (Å²) in [7, 11) is 0. The smallest absolute Gasteiger partial charge is 0.340 e. The average Bonchev–Trinajstić information content (AvgIpc) is 3.05. The molecule has 0 N–H and O–H groups in total. The normalized spacial score (nSPS) is 11.0. The van der Waals surface area contributed by atoms with E-state index in [0.29, 0.717) is 22.7 Å². The summed E-state index contributed by atoms with van der Waals surface area (Å²) in [6.45, 7) is 5.61. The summed E-state index contributed by atoms with van der Waals surface area (Å²) in [5.41, 5.74) is 3.73. The summed E-state index contributed by atoms with van der Waals surface area (Å²) in [5.74, 6) is 0.0797. The molecule has 0 aliphatic heterocycles. The topological polar surface area (TPSA) is 91.4 Å². The first-order valence-electron chi connectivity index (χ1n) is 9.07. The molecule has 0 amide bonds. The van der Waals surface area contributed by atoms with Crippen LogP contribution in [0.4, 0.5) is 0 Å². The van der Waals surface area contributed by atoms with Gasteiger partial charge < -0.3 is 4.74 Å². The Morgan fingerprint density at radius 3 is 2.66 bits per heavy atom. The number of aromatic nitrogens is 5. The van der Waals surface area contributed by atoms with Gasteiger partial charge in [0, 0.05) is 24.2 Å². The van der Waals surface area contributed by atoms with Crippen molar-refractivity contribution < 1.29 is 9.53 Å². The summed E-state index contributed by atoms with van der Waals surface area (Å²) < 4.78 is 8.49. The molecule has 8 heteroatoms. The molecule has 0 fully saturated rings. The molecule has 8 nitrogen and oxygen atoms in total. The fraction of sp³-hybridized carbons (Fsp3) is 0.190. The Balaban J connectivity index is 1.50. The van der Waals surface area contributed by atoms with Gasteiger partial charge >= 0.3 is 5.97 Å². The minimum atomic E-state index is -0.538. The zero-order valence-corrected chi connectivity index (χ0v) is 16.3. The van der Waals surface area contributed by atoms with E-state index in [4.69, 9.17) is 4.74 Å². The third kappa shape index (κ3) is 3.64. The van der Waals surface area contributed by atoms with Crippen LogP contribution in [0, 0.1) is 20.8 Å². The number of ether oxygens (including phenoxy) is 1. The maximum absolute atomic E-state index is 12.4. The van der Waals surface area contributed by atoms with Crippen LogP contribution in [0.5, 0.6) is 0 Å². The molecule has 0 aliphatic carbocycles. The Morgan fingerprint density at radius 2 is 1.97 bits per heavy atom. The second-order valence-electron chi connectivity index (χ2n) is 6.79. The van der Waals surface area contributed by atoms with Gasteiger partial charge in [0.05, 0.1) is 17.0 Å². The van der Waals surface area contributed by atoms with Gasteiger partial charge in [-0.25, -0.2) is 19.4 Å². The predicted molar refractivity (Wildman–Crippen MR) is 106 cm³/mol. The molecule has 146 valence electrons. The summed E-state index contributed by atoms with van der Waals surface area (Å²) in [6.07, 6.45) is 3.10. The summed E-state index contributed by atoms with van der Waals surface area (Å²) in [6, 6.07) is 10.3. The number of fused-ring (bicyclic) bond motifs is 1. The number of carbonyl (C=O) groups is 1. The highest BCUT2D eigenvalue weighted by atomic mass is 16.5. The highest BCUT2D eigenvalue weighted by Gasteiger charge is 2.12. The van der Waals surface area contributed by atoms with Crippen LogP contribution < -0.4 is 5.56 Å². The SMILES string of the molecule is Cc1cc(C)n(-c2ccc(C(=O)OCc3cc(=O)n4cccc(C)c4n3)cn2)n1. The third-order valence-electron chi connectivity index (χ3n) is 4.50. The number of nitrogens with zero attached hydrogens (tertiary/aromatic N) is 5.